The van der Waals surface area contributed by atoms with Crippen LogP contribution in [-0.4, -0.2) is 62.7 Å². The highest BCUT2D eigenvalue weighted by atomic mass is 79.9. The van der Waals surface area contributed by atoms with Crippen LogP contribution in [0.5, 0.6) is 0 Å². The molecule has 39 heavy (non-hydrogen) atoms. The molecular weight excluding hydrogens is 565 g/mol. The first-order valence-electron chi connectivity index (χ1n) is 13.5. The molecule has 8 nitrogen and oxygen atoms in total. The lowest BCUT2D eigenvalue weighted by Crippen LogP contribution is -2.26. The molecule has 1 fully saturated rings. The van der Waals surface area contributed by atoms with Crippen molar-refractivity contribution < 1.29 is 19.1 Å². The average molecular weight is 613 g/mol. The summed E-state index contributed by atoms with van der Waals surface area (Å²) >= 11 is 3.41. The number of carbonyl (C=O) groups excluding carboxylic acids is 1. The van der Waals surface area contributed by atoms with Crippen LogP contribution < -0.4 is 16.1 Å². The maximum Gasteiger partial charge on any atom is 0.277 e. The summed E-state index contributed by atoms with van der Waals surface area (Å²) in [6, 6.07) is 8.60. The number of aliphatic hydroxyl groups excluding tert-OH is 1. The number of benzene rings is 2. The fraction of sp³-hybridized carbons (Fsp3) is 0.517. The molecule has 0 unspecified atom stereocenters. The molecule has 1 amide bonds. The standard InChI is InChI=1S/C20H22BrFN4O2.C5H13NO.2C2H6/c1-12-9-14(21)5-7-16(12)25-19-15(20(27)26-28-10-13-3-4-13)6-8-17(18(19)22)24-11-23-2;1-3-6(2)4-5-7;2*1-2/h5-9,11,13,25H,3-4,10H2,1-2H3,(H,23,24)(H,26,27);7H,3-5H2,1-2H3;2*1-2H3. The van der Waals surface area contributed by atoms with Gasteiger partial charge in [-0.05, 0) is 75.2 Å². The van der Waals surface area contributed by atoms with Crippen LogP contribution in [0.1, 0.15) is 63.4 Å². The van der Waals surface area contributed by atoms with Gasteiger partial charge in [0.1, 0.15) is 0 Å². The van der Waals surface area contributed by atoms with Crippen molar-refractivity contribution >= 4 is 45.2 Å². The summed E-state index contributed by atoms with van der Waals surface area (Å²) in [5, 5.41) is 14.1. The number of hydroxylamine groups is 1. The number of rotatable bonds is 11. The number of halogens is 2. The smallest absolute Gasteiger partial charge is 0.277 e. The van der Waals surface area contributed by atoms with E-state index in [1.54, 1.807) is 13.1 Å². The quantitative estimate of drug-likeness (QED) is 0.127. The zero-order valence-corrected chi connectivity index (χ0v) is 26.3. The van der Waals surface area contributed by atoms with Crippen LogP contribution in [0, 0.1) is 18.7 Å². The zero-order chi connectivity index (χ0) is 29.8. The van der Waals surface area contributed by atoms with Crippen LogP contribution in [0.2, 0.25) is 0 Å². The number of aliphatic imine (C=N–C) groups is 1. The van der Waals surface area contributed by atoms with E-state index in [-0.39, 0.29) is 23.5 Å². The van der Waals surface area contributed by atoms with Gasteiger partial charge in [0.2, 0.25) is 0 Å². The SMILES string of the molecule is CC.CC.CCN(C)CCO.CN=CNc1ccc(C(=O)NOCC2CC2)c(Nc2ccc(Br)cc2C)c1F. The van der Waals surface area contributed by atoms with Crippen LogP contribution >= 0.6 is 15.9 Å². The molecule has 3 rings (SSSR count). The topological polar surface area (TPSA) is 98.2 Å². The lowest BCUT2D eigenvalue weighted by Gasteiger charge is -2.17. The Bertz CT molecular complexity index is 1000. The Morgan fingerprint density at radius 3 is 2.36 bits per heavy atom. The molecule has 220 valence electrons. The van der Waals surface area contributed by atoms with E-state index < -0.39 is 11.7 Å². The van der Waals surface area contributed by atoms with E-state index in [4.69, 9.17) is 9.94 Å². The molecule has 0 radical (unpaired) electrons. The maximum absolute atomic E-state index is 15.2. The third kappa shape index (κ3) is 13.9. The summed E-state index contributed by atoms with van der Waals surface area (Å²) in [4.78, 5) is 23.7. The van der Waals surface area contributed by atoms with Crippen molar-refractivity contribution in [1.82, 2.24) is 10.4 Å². The number of aliphatic hydroxyl groups is 1. The van der Waals surface area contributed by atoms with Crippen molar-refractivity contribution in [1.29, 1.82) is 0 Å². The van der Waals surface area contributed by atoms with Crippen LogP contribution in [0.15, 0.2) is 39.8 Å². The lowest BCUT2D eigenvalue weighted by molar-refractivity contribution is 0.0271. The zero-order valence-electron chi connectivity index (χ0n) is 24.7. The number of anilines is 3. The minimum atomic E-state index is -0.586. The van der Waals surface area contributed by atoms with Crippen molar-refractivity contribution in [2.45, 2.75) is 54.4 Å². The van der Waals surface area contributed by atoms with E-state index >= 15 is 4.39 Å². The fourth-order valence-corrected chi connectivity index (χ4v) is 3.40. The second-order valence-electron chi connectivity index (χ2n) is 8.27. The number of hydrogen-bond donors (Lipinski definition) is 4. The van der Waals surface area contributed by atoms with Crippen LogP contribution in [0.4, 0.5) is 21.5 Å². The molecule has 0 aliphatic heterocycles. The van der Waals surface area contributed by atoms with Gasteiger partial charge in [-0.15, -0.1) is 0 Å². The molecule has 0 spiro atoms. The molecular formula is C29H47BrFN5O3. The van der Waals surface area contributed by atoms with Gasteiger partial charge in [0.15, 0.2) is 5.82 Å². The van der Waals surface area contributed by atoms with E-state index in [1.807, 2.05) is 59.9 Å². The highest BCUT2D eigenvalue weighted by Gasteiger charge is 2.23. The van der Waals surface area contributed by atoms with Crippen molar-refractivity contribution in [2.75, 3.05) is 51.0 Å². The predicted molar refractivity (Wildman–Crippen MR) is 166 cm³/mol. The predicted octanol–water partition coefficient (Wildman–Crippen LogP) is 6.76. The number of hydrogen-bond acceptors (Lipinski definition) is 6. The summed E-state index contributed by atoms with van der Waals surface area (Å²) in [5.74, 6) is -0.593. The van der Waals surface area contributed by atoms with Gasteiger partial charge in [0.05, 0.1) is 36.5 Å². The Balaban J connectivity index is 0.00000113. The number of nitrogens with one attached hydrogen (secondary N) is 3. The highest BCUT2D eigenvalue weighted by Crippen LogP contribution is 2.32. The number of nitrogens with zero attached hydrogens (tertiary/aromatic N) is 2. The Hall–Kier alpha value is -2.53. The third-order valence-corrected chi connectivity index (χ3v) is 5.88. The van der Waals surface area contributed by atoms with Gasteiger partial charge in [-0.25, -0.2) is 9.87 Å². The van der Waals surface area contributed by atoms with Crippen molar-refractivity contribution in [3.63, 3.8) is 0 Å². The Morgan fingerprint density at radius 1 is 1.21 bits per heavy atom. The summed E-state index contributed by atoms with van der Waals surface area (Å²) < 4.78 is 16.1. The molecule has 2 aromatic carbocycles. The molecule has 10 heteroatoms. The van der Waals surface area contributed by atoms with E-state index in [1.165, 1.54) is 12.4 Å². The van der Waals surface area contributed by atoms with Crippen molar-refractivity contribution in [2.24, 2.45) is 10.9 Å². The summed E-state index contributed by atoms with van der Waals surface area (Å²) in [7, 11) is 3.56. The summed E-state index contributed by atoms with van der Waals surface area (Å²) in [5.41, 5.74) is 4.42. The molecule has 2 aromatic rings. The minimum absolute atomic E-state index is 0.0625. The van der Waals surface area contributed by atoms with Gasteiger partial charge in [-0.3, -0.25) is 14.6 Å². The highest BCUT2D eigenvalue weighted by molar-refractivity contribution is 9.10. The second kappa shape index (κ2) is 21.3. The van der Waals surface area contributed by atoms with E-state index in [0.717, 1.165) is 36.0 Å². The van der Waals surface area contributed by atoms with E-state index in [0.29, 0.717) is 18.2 Å². The van der Waals surface area contributed by atoms with Gasteiger partial charge in [0, 0.05) is 23.8 Å². The number of aryl methyl sites for hydroxylation is 1. The summed E-state index contributed by atoms with van der Waals surface area (Å²) in [6.07, 6.45) is 3.60. The van der Waals surface area contributed by atoms with Gasteiger partial charge in [-0.2, -0.15) is 0 Å². The van der Waals surface area contributed by atoms with Crippen LogP contribution in [-0.2, 0) is 4.84 Å². The summed E-state index contributed by atoms with van der Waals surface area (Å²) in [6.45, 7) is 14.5. The fourth-order valence-electron chi connectivity index (χ4n) is 2.93. The van der Waals surface area contributed by atoms with E-state index in [2.05, 4.69) is 48.9 Å². The van der Waals surface area contributed by atoms with Crippen molar-refractivity contribution in [3.05, 3.63) is 51.7 Å². The molecule has 1 aliphatic carbocycles. The molecule has 4 N–H and O–H groups in total. The third-order valence-electron chi connectivity index (χ3n) is 5.39. The largest absolute Gasteiger partial charge is 0.395 e. The molecule has 0 saturated heterocycles. The van der Waals surface area contributed by atoms with Crippen LogP contribution in [0.3, 0.4) is 0 Å². The monoisotopic (exact) mass is 611 g/mol. The van der Waals surface area contributed by atoms with Crippen molar-refractivity contribution in [3.8, 4) is 0 Å². The molecule has 0 heterocycles. The molecule has 1 saturated carbocycles. The Labute approximate surface area is 242 Å². The molecule has 0 aromatic heterocycles. The van der Waals surface area contributed by atoms with Gasteiger partial charge < -0.3 is 20.6 Å². The van der Waals surface area contributed by atoms with Crippen LogP contribution in [0.25, 0.3) is 0 Å². The van der Waals surface area contributed by atoms with E-state index in [9.17, 15) is 4.79 Å². The number of likely N-dealkylation sites (N-methyl/N-ethyl adjacent to an activating group) is 1. The Kier molecular flexibility index (Phi) is 19.9. The van der Waals surface area contributed by atoms with Gasteiger partial charge in [0.25, 0.3) is 5.91 Å². The second-order valence-corrected chi connectivity index (χ2v) is 9.19. The normalized spacial score (nSPS) is 11.9. The first-order valence-corrected chi connectivity index (χ1v) is 14.3. The average Bonchev–Trinajstić information content (AvgIpc) is 3.77. The molecule has 0 bridgehead atoms. The minimum Gasteiger partial charge on any atom is -0.395 e. The maximum atomic E-state index is 15.2. The van der Waals surface area contributed by atoms with Gasteiger partial charge in [-0.1, -0.05) is 50.5 Å². The number of amides is 1. The first kappa shape index (κ1) is 36.5. The molecule has 0 atom stereocenters. The Morgan fingerprint density at radius 2 is 1.85 bits per heavy atom. The molecule has 1 aliphatic rings. The lowest BCUT2D eigenvalue weighted by atomic mass is 10.1. The number of carbonyl (C=O) groups is 1. The first-order chi connectivity index (χ1) is 18.8. The van der Waals surface area contributed by atoms with Gasteiger partial charge >= 0.3 is 0 Å².